The average Bonchev–Trinajstić information content (AvgIpc) is 3.08. The molecule has 2 aliphatic rings. The third-order valence-corrected chi connectivity index (χ3v) is 4.59. The number of nitrogens with one attached hydrogen (secondary N) is 2. The quantitative estimate of drug-likeness (QED) is 0.790. The van der Waals surface area contributed by atoms with Gasteiger partial charge in [-0.3, -0.25) is 4.79 Å². The zero-order chi connectivity index (χ0) is 12.5. The van der Waals surface area contributed by atoms with Crippen LogP contribution >= 0.6 is 22.6 Å². The number of rotatable bonds is 4. The van der Waals surface area contributed by atoms with Gasteiger partial charge in [-0.25, -0.2) is 4.98 Å². The first-order valence-corrected chi connectivity index (χ1v) is 7.57. The lowest BCUT2D eigenvalue weighted by Gasteiger charge is -2.27. The Bertz CT molecular complexity index is 479. The number of hydrogen-bond donors (Lipinski definition) is 2. The minimum absolute atomic E-state index is 0.0365. The molecule has 0 spiro atoms. The molecular weight excluding hydrogens is 343 g/mol. The molecule has 18 heavy (non-hydrogen) atoms. The second-order valence-corrected chi connectivity index (χ2v) is 6.12. The van der Waals surface area contributed by atoms with E-state index in [9.17, 15) is 4.79 Å². The Kier molecular flexibility index (Phi) is 3.56. The number of H-pyrrole nitrogens is 1. The SMILES string of the molecule is O=c1[nH]cnc(N(CC2CCCN2)C2CC2)c1I. The van der Waals surface area contributed by atoms with Gasteiger partial charge in [0.05, 0.1) is 6.33 Å². The van der Waals surface area contributed by atoms with Gasteiger partial charge in [0, 0.05) is 18.6 Å². The molecule has 0 aromatic carbocycles. The van der Waals surface area contributed by atoms with Crippen molar-refractivity contribution in [3.63, 3.8) is 0 Å². The van der Waals surface area contributed by atoms with E-state index < -0.39 is 0 Å². The van der Waals surface area contributed by atoms with Crippen LogP contribution in [0.4, 0.5) is 5.82 Å². The first-order chi connectivity index (χ1) is 8.75. The van der Waals surface area contributed by atoms with E-state index in [0.29, 0.717) is 15.7 Å². The molecule has 98 valence electrons. The maximum atomic E-state index is 11.7. The number of nitrogens with zero attached hydrogens (tertiary/aromatic N) is 2. The van der Waals surface area contributed by atoms with Crippen LogP contribution < -0.4 is 15.8 Å². The van der Waals surface area contributed by atoms with Gasteiger partial charge < -0.3 is 15.2 Å². The summed E-state index contributed by atoms with van der Waals surface area (Å²) in [6.45, 7) is 2.08. The van der Waals surface area contributed by atoms with Crippen LogP contribution in [0.15, 0.2) is 11.1 Å². The Balaban J connectivity index is 1.84. The molecule has 2 N–H and O–H groups in total. The molecule has 0 bridgehead atoms. The lowest BCUT2D eigenvalue weighted by Crippen LogP contribution is -2.40. The van der Waals surface area contributed by atoms with Crippen LogP contribution in [0, 0.1) is 3.57 Å². The van der Waals surface area contributed by atoms with E-state index >= 15 is 0 Å². The molecule has 0 radical (unpaired) electrons. The Labute approximate surface area is 120 Å². The molecule has 3 rings (SSSR count). The maximum absolute atomic E-state index is 11.7. The lowest BCUT2D eigenvalue weighted by atomic mass is 10.2. The highest BCUT2D eigenvalue weighted by molar-refractivity contribution is 14.1. The Morgan fingerprint density at radius 1 is 1.44 bits per heavy atom. The number of halogens is 1. The molecule has 1 saturated carbocycles. The number of anilines is 1. The Morgan fingerprint density at radius 2 is 2.28 bits per heavy atom. The van der Waals surface area contributed by atoms with Crippen LogP contribution in [0.25, 0.3) is 0 Å². The summed E-state index contributed by atoms with van der Waals surface area (Å²) < 4.78 is 0.708. The Hall–Kier alpha value is -0.630. The molecule has 1 unspecified atom stereocenters. The highest BCUT2D eigenvalue weighted by Gasteiger charge is 2.33. The molecule has 1 aliphatic carbocycles. The monoisotopic (exact) mass is 360 g/mol. The topological polar surface area (TPSA) is 61.0 Å². The van der Waals surface area contributed by atoms with Crippen molar-refractivity contribution < 1.29 is 0 Å². The van der Waals surface area contributed by atoms with Crippen molar-refractivity contribution in [1.29, 1.82) is 0 Å². The fourth-order valence-corrected chi connectivity index (χ4v) is 3.12. The van der Waals surface area contributed by atoms with Crippen LogP contribution in [0.1, 0.15) is 25.7 Å². The molecule has 1 aromatic rings. The van der Waals surface area contributed by atoms with Gasteiger partial charge in [0.25, 0.3) is 5.56 Å². The predicted molar refractivity (Wildman–Crippen MR) is 79.0 cm³/mol. The van der Waals surface area contributed by atoms with Crippen molar-refractivity contribution >= 4 is 28.4 Å². The molecule has 2 heterocycles. The molecule has 2 fully saturated rings. The highest BCUT2D eigenvalue weighted by atomic mass is 127. The van der Waals surface area contributed by atoms with E-state index in [1.165, 1.54) is 32.0 Å². The lowest BCUT2D eigenvalue weighted by molar-refractivity contribution is 0.574. The van der Waals surface area contributed by atoms with Gasteiger partial charge in [0.2, 0.25) is 0 Å². The zero-order valence-electron chi connectivity index (χ0n) is 10.2. The van der Waals surface area contributed by atoms with Gasteiger partial charge in [0.1, 0.15) is 9.39 Å². The molecular formula is C12H17IN4O. The van der Waals surface area contributed by atoms with E-state index in [2.05, 4.69) is 42.8 Å². The zero-order valence-corrected chi connectivity index (χ0v) is 12.3. The van der Waals surface area contributed by atoms with Crippen molar-refractivity contribution in [3.05, 3.63) is 20.3 Å². The third-order valence-electron chi connectivity index (χ3n) is 3.62. The summed E-state index contributed by atoms with van der Waals surface area (Å²) in [6.07, 6.45) is 6.43. The van der Waals surface area contributed by atoms with E-state index in [0.717, 1.165) is 18.9 Å². The van der Waals surface area contributed by atoms with Gasteiger partial charge >= 0.3 is 0 Å². The second kappa shape index (κ2) is 5.16. The van der Waals surface area contributed by atoms with Gasteiger partial charge in [-0.2, -0.15) is 0 Å². The first-order valence-electron chi connectivity index (χ1n) is 6.49. The summed E-state index contributed by atoms with van der Waals surface area (Å²) in [7, 11) is 0. The molecule has 5 nitrogen and oxygen atoms in total. The summed E-state index contributed by atoms with van der Waals surface area (Å²) in [5.74, 6) is 0.857. The highest BCUT2D eigenvalue weighted by Crippen LogP contribution is 2.32. The summed E-state index contributed by atoms with van der Waals surface area (Å²) in [5, 5.41) is 3.52. The smallest absolute Gasteiger partial charge is 0.266 e. The molecule has 1 aromatic heterocycles. The van der Waals surface area contributed by atoms with E-state index in [1.807, 2.05) is 0 Å². The summed E-state index contributed by atoms with van der Waals surface area (Å²) in [5.41, 5.74) is -0.0365. The van der Waals surface area contributed by atoms with Crippen molar-refractivity contribution in [1.82, 2.24) is 15.3 Å². The largest absolute Gasteiger partial charge is 0.351 e. The predicted octanol–water partition coefficient (Wildman–Crippen LogP) is 1.10. The maximum Gasteiger partial charge on any atom is 0.266 e. The van der Waals surface area contributed by atoms with E-state index in [-0.39, 0.29) is 5.56 Å². The number of aromatic nitrogens is 2. The van der Waals surface area contributed by atoms with E-state index in [1.54, 1.807) is 0 Å². The normalized spacial score (nSPS) is 23.3. The van der Waals surface area contributed by atoms with E-state index in [4.69, 9.17) is 0 Å². The standard InChI is InChI=1S/C12H17IN4O/c13-10-11(15-7-16-12(10)18)17(9-3-4-9)6-8-2-1-5-14-8/h7-9,14H,1-6H2,(H,15,16,18). The molecule has 1 atom stereocenters. The van der Waals surface area contributed by atoms with Crippen molar-refractivity contribution in [2.45, 2.75) is 37.8 Å². The molecule has 0 amide bonds. The van der Waals surface area contributed by atoms with Gasteiger partial charge in [-0.05, 0) is 54.8 Å². The van der Waals surface area contributed by atoms with Crippen LogP contribution in [-0.2, 0) is 0 Å². The van der Waals surface area contributed by atoms with Crippen molar-refractivity contribution in [2.24, 2.45) is 0 Å². The second-order valence-electron chi connectivity index (χ2n) is 5.05. The van der Waals surface area contributed by atoms with Crippen LogP contribution in [-0.4, -0.2) is 35.1 Å². The molecule has 6 heteroatoms. The van der Waals surface area contributed by atoms with Gasteiger partial charge in [-0.1, -0.05) is 0 Å². The minimum atomic E-state index is -0.0365. The summed E-state index contributed by atoms with van der Waals surface area (Å²) in [6, 6.07) is 1.12. The average molecular weight is 360 g/mol. The third kappa shape index (κ3) is 2.54. The Morgan fingerprint density at radius 3 is 2.94 bits per heavy atom. The van der Waals surface area contributed by atoms with Crippen molar-refractivity contribution in [2.75, 3.05) is 18.0 Å². The first kappa shape index (κ1) is 12.4. The number of aromatic amines is 1. The van der Waals surface area contributed by atoms with Gasteiger partial charge in [0.15, 0.2) is 0 Å². The number of hydrogen-bond acceptors (Lipinski definition) is 4. The molecule has 1 saturated heterocycles. The van der Waals surface area contributed by atoms with Crippen LogP contribution in [0.3, 0.4) is 0 Å². The fourth-order valence-electron chi connectivity index (χ4n) is 2.52. The molecule has 1 aliphatic heterocycles. The van der Waals surface area contributed by atoms with Crippen LogP contribution in [0.2, 0.25) is 0 Å². The minimum Gasteiger partial charge on any atom is -0.351 e. The summed E-state index contributed by atoms with van der Waals surface area (Å²) >= 11 is 2.10. The van der Waals surface area contributed by atoms with Gasteiger partial charge in [-0.15, -0.1) is 0 Å². The fraction of sp³-hybridized carbons (Fsp3) is 0.667. The van der Waals surface area contributed by atoms with Crippen molar-refractivity contribution in [3.8, 4) is 0 Å². The van der Waals surface area contributed by atoms with Crippen LogP contribution in [0.5, 0.6) is 0 Å². The summed E-state index contributed by atoms with van der Waals surface area (Å²) in [4.78, 5) is 21.0.